The molecular formula is C30H43N3O5SSi. The molecule has 1 aromatic heterocycles. The molecule has 2 aromatic carbocycles. The molecule has 0 saturated carbocycles. The lowest BCUT2D eigenvalue weighted by atomic mass is 10.2. The van der Waals surface area contributed by atoms with Gasteiger partial charge < -0.3 is 13.9 Å². The van der Waals surface area contributed by atoms with E-state index in [2.05, 4.69) is 43.8 Å². The average Bonchev–Trinajstić information content (AvgIpc) is 2.91. The van der Waals surface area contributed by atoms with Crippen molar-refractivity contribution in [2.45, 2.75) is 77.2 Å². The largest absolute Gasteiger partial charge is 0.497 e. The maximum Gasteiger partial charge on any atom is 0.220 e. The lowest BCUT2D eigenvalue weighted by Crippen LogP contribution is -2.47. The first-order valence-corrected chi connectivity index (χ1v) is 17.8. The molecule has 0 N–H and O–H groups in total. The first-order valence-electron chi connectivity index (χ1n) is 13.4. The molecule has 8 nitrogen and oxygen atoms in total. The van der Waals surface area contributed by atoms with Crippen molar-refractivity contribution in [2.75, 3.05) is 14.2 Å². The summed E-state index contributed by atoms with van der Waals surface area (Å²) >= 11 is 0. The number of rotatable bonds is 12. The molecule has 3 aromatic rings. The van der Waals surface area contributed by atoms with Crippen LogP contribution in [0.25, 0.3) is 0 Å². The van der Waals surface area contributed by atoms with Crippen molar-refractivity contribution < 1.29 is 22.3 Å². The van der Waals surface area contributed by atoms with Crippen LogP contribution < -0.4 is 9.47 Å². The zero-order chi connectivity index (χ0) is 29.7. The third-order valence-electron chi connectivity index (χ3n) is 7.61. The Kier molecular flexibility index (Phi) is 10.2. The van der Waals surface area contributed by atoms with E-state index in [0.717, 1.165) is 16.8 Å². The van der Waals surface area contributed by atoms with Gasteiger partial charge in [-0.3, -0.25) is 9.97 Å². The molecule has 0 aliphatic rings. The summed E-state index contributed by atoms with van der Waals surface area (Å²) in [6, 6.07) is 14.9. The molecule has 0 saturated heterocycles. The van der Waals surface area contributed by atoms with E-state index < -0.39 is 29.7 Å². The van der Waals surface area contributed by atoms with Gasteiger partial charge in [0.15, 0.2) is 8.32 Å². The minimum atomic E-state index is -3.90. The fraction of sp³-hybridized carbons (Fsp3) is 0.467. The lowest BCUT2D eigenvalue weighted by Gasteiger charge is -2.41. The second kappa shape index (κ2) is 12.8. The molecule has 2 atom stereocenters. The average molecular weight is 586 g/mol. The SMILES string of the molecule is COc1ccc(CN(Cc2ccc(OC)cc2)S(=O)(=O)C(C)C(O[Si](C)(C)C(C)(C)C)c2cnc(C)cn2)cc1. The van der Waals surface area contributed by atoms with Crippen molar-refractivity contribution in [1.29, 1.82) is 0 Å². The third kappa shape index (κ3) is 7.69. The number of aryl methyl sites for hydroxylation is 1. The second-order valence-corrected chi connectivity index (χ2v) is 18.6. The molecule has 0 amide bonds. The number of hydrogen-bond acceptors (Lipinski definition) is 7. The van der Waals surface area contributed by atoms with E-state index in [1.807, 2.05) is 55.5 Å². The van der Waals surface area contributed by atoms with Gasteiger partial charge in [0.25, 0.3) is 0 Å². The molecule has 218 valence electrons. The minimum absolute atomic E-state index is 0.126. The van der Waals surface area contributed by atoms with Crippen LogP contribution in [0.1, 0.15) is 56.3 Å². The van der Waals surface area contributed by atoms with E-state index in [0.29, 0.717) is 17.2 Å². The number of hydrogen-bond donors (Lipinski definition) is 0. The molecular weight excluding hydrogens is 542 g/mol. The molecule has 40 heavy (non-hydrogen) atoms. The normalized spacial score (nSPS) is 14.2. The molecule has 0 fully saturated rings. The van der Waals surface area contributed by atoms with Gasteiger partial charge in [-0.15, -0.1) is 0 Å². The minimum Gasteiger partial charge on any atom is -0.497 e. The zero-order valence-corrected chi connectivity index (χ0v) is 27.0. The number of ether oxygens (including phenoxy) is 2. The number of nitrogens with zero attached hydrogens (tertiary/aromatic N) is 3. The van der Waals surface area contributed by atoms with Crippen molar-refractivity contribution >= 4 is 18.3 Å². The predicted molar refractivity (Wildman–Crippen MR) is 161 cm³/mol. The van der Waals surface area contributed by atoms with Crippen molar-refractivity contribution in [2.24, 2.45) is 0 Å². The van der Waals surface area contributed by atoms with Crippen LogP contribution in [0, 0.1) is 6.92 Å². The van der Waals surface area contributed by atoms with E-state index in [4.69, 9.17) is 13.9 Å². The van der Waals surface area contributed by atoms with Crippen molar-refractivity contribution in [3.05, 3.63) is 83.4 Å². The summed E-state index contributed by atoms with van der Waals surface area (Å²) in [6.45, 7) is 14.6. The Labute approximate surface area is 240 Å². The Morgan fingerprint density at radius 1 is 0.850 bits per heavy atom. The van der Waals surface area contributed by atoms with Crippen LogP contribution in [0.4, 0.5) is 0 Å². The highest BCUT2D eigenvalue weighted by Crippen LogP contribution is 2.41. The summed E-state index contributed by atoms with van der Waals surface area (Å²) in [4.78, 5) is 8.98. The molecule has 2 unspecified atom stereocenters. The fourth-order valence-electron chi connectivity index (χ4n) is 3.94. The highest BCUT2D eigenvalue weighted by Gasteiger charge is 2.44. The molecule has 10 heteroatoms. The molecule has 0 aliphatic heterocycles. The Bertz CT molecular complexity index is 1290. The molecule has 3 rings (SSSR count). The van der Waals surface area contributed by atoms with Crippen molar-refractivity contribution in [1.82, 2.24) is 14.3 Å². The van der Waals surface area contributed by atoms with E-state index in [-0.39, 0.29) is 18.1 Å². The molecule has 0 bridgehead atoms. The highest BCUT2D eigenvalue weighted by atomic mass is 32.2. The van der Waals surface area contributed by atoms with Gasteiger partial charge in [-0.2, -0.15) is 4.31 Å². The molecule has 0 spiro atoms. The van der Waals surface area contributed by atoms with Gasteiger partial charge in [0.1, 0.15) is 22.9 Å². The van der Waals surface area contributed by atoms with Crippen LogP contribution >= 0.6 is 0 Å². The maximum atomic E-state index is 14.5. The van der Waals surface area contributed by atoms with Crippen LogP contribution in [0.2, 0.25) is 18.1 Å². The predicted octanol–water partition coefficient (Wildman–Crippen LogP) is 6.29. The van der Waals surface area contributed by atoms with Crippen LogP contribution in [-0.2, 0) is 27.5 Å². The fourth-order valence-corrected chi connectivity index (χ4v) is 6.98. The number of sulfonamides is 1. The van der Waals surface area contributed by atoms with Crippen molar-refractivity contribution in [3.8, 4) is 11.5 Å². The Morgan fingerprint density at radius 2 is 1.32 bits per heavy atom. The zero-order valence-electron chi connectivity index (χ0n) is 25.1. The van der Waals surface area contributed by atoms with Gasteiger partial charge in [0, 0.05) is 19.3 Å². The Morgan fingerprint density at radius 3 is 1.70 bits per heavy atom. The number of aromatic nitrogens is 2. The first-order chi connectivity index (χ1) is 18.7. The monoisotopic (exact) mass is 585 g/mol. The summed E-state index contributed by atoms with van der Waals surface area (Å²) < 4.78 is 47.8. The van der Waals surface area contributed by atoms with Gasteiger partial charge in [-0.05, 0) is 67.4 Å². The summed E-state index contributed by atoms with van der Waals surface area (Å²) in [7, 11) is -3.08. The van der Waals surface area contributed by atoms with E-state index in [1.165, 1.54) is 4.31 Å². The van der Waals surface area contributed by atoms with E-state index in [1.54, 1.807) is 33.5 Å². The van der Waals surface area contributed by atoms with Crippen LogP contribution in [0.3, 0.4) is 0 Å². The van der Waals surface area contributed by atoms with Gasteiger partial charge in [0.2, 0.25) is 10.0 Å². The topological polar surface area (TPSA) is 90.9 Å². The quantitative estimate of drug-likeness (QED) is 0.231. The Balaban J connectivity index is 2.05. The standard InChI is InChI=1S/C30H43N3O5SSi/c1-22-18-32-28(19-31-22)29(38-40(8,9)30(3,4)5)23(2)39(34,35)33(20-24-10-14-26(36-6)15-11-24)21-25-12-16-27(37-7)17-13-25/h10-19,23,29H,20-21H2,1-9H3. The first kappa shape index (κ1) is 31.7. The van der Waals surface area contributed by atoms with Crippen LogP contribution in [0.5, 0.6) is 11.5 Å². The molecule has 0 radical (unpaired) electrons. The maximum absolute atomic E-state index is 14.5. The smallest absolute Gasteiger partial charge is 0.220 e. The van der Waals surface area contributed by atoms with Gasteiger partial charge in [-0.25, -0.2) is 8.42 Å². The highest BCUT2D eigenvalue weighted by molar-refractivity contribution is 7.89. The van der Waals surface area contributed by atoms with E-state index >= 15 is 0 Å². The van der Waals surface area contributed by atoms with Gasteiger partial charge in [0.05, 0.1) is 31.8 Å². The number of benzene rings is 2. The summed E-state index contributed by atoms with van der Waals surface area (Å²) in [5.41, 5.74) is 2.97. The van der Waals surface area contributed by atoms with E-state index in [9.17, 15) is 8.42 Å². The summed E-state index contributed by atoms with van der Waals surface area (Å²) in [6.07, 6.45) is 2.51. The summed E-state index contributed by atoms with van der Waals surface area (Å²) in [5.74, 6) is 1.42. The van der Waals surface area contributed by atoms with Crippen molar-refractivity contribution in [3.63, 3.8) is 0 Å². The summed E-state index contributed by atoms with van der Waals surface area (Å²) in [5, 5.41) is -1.05. The number of methoxy groups -OCH3 is 2. The Hall–Kier alpha value is -2.79. The molecule has 0 aliphatic carbocycles. The second-order valence-electron chi connectivity index (χ2n) is 11.6. The van der Waals surface area contributed by atoms with Gasteiger partial charge >= 0.3 is 0 Å². The lowest BCUT2D eigenvalue weighted by molar-refractivity contribution is 0.173. The van der Waals surface area contributed by atoms with Crippen LogP contribution in [-0.4, -0.2) is 50.5 Å². The van der Waals surface area contributed by atoms with Crippen LogP contribution in [0.15, 0.2) is 60.9 Å². The molecule has 1 heterocycles. The third-order valence-corrected chi connectivity index (χ3v) is 14.2. The van der Waals surface area contributed by atoms with Gasteiger partial charge in [-0.1, -0.05) is 45.0 Å².